The maximum atomic E-state index is 8.98. The highest BCUT2D eigenvalue weighted by molar-refractivity contribution is 7.99. The van der Waals surface area contributed by atoms with Crippen LogP contribution >= 0.6 is 23.4 Å². The van der Waals surface area contributed by atoms with E-state index in [0.717, 1.165) is 35.8 Å². The van der Waals surface area contributed by atoms with Gasteiger partial charge >= 0.3 is 0 Å². The van der Waals surface area contributed by atoms with Crippen molar-refractivity contribution in [1.29, 1.82) is 0 Å². The minimum absolute atomic E-state index is 0.236. The third kappa shape index (κ3) is 5.61. The van der Waals surface area contributed by atoms with Crippen LogP contribution in [0.2, 0.25) is 5.02 Å². The van der Waals surface area contributed by atoms with Crippen LogP contribution in [0.25, 0.3) is 0 Å². The van der Waals surface area contributed by atoms with Gasteiger partial charge in [0.25, 0.3) is 0 Å². The first-order chi connectivity index (χ1) is 8.67. The van der Waals surface area contributed by atoms with E-state index >= 15 is 0 Å². The minimum atomic E-state index is 0.236. The quantitative estimate of drug-likeness (QED) is 0.566. The largest absolute Gasteiger partial charge is 0.396 e. The smallest absolute Gasteiger partial charge is 0.0464 e. The van der Waals surface area contributed by atoms with Crippen molar-refractivity contribution >= 4 is 23.4 Å². The van der Waals surface area contributed by atoms with Crippen molar-refractivity contribution in [1.82, 2.24) is 5.32 Å². The van der Waals surface area contributed by atoms with E-state index in [9.17, 15) is 0 Å². The number of hydrogen-bond donors (Lipinski definition) is 2. The van der Waals surface area contributed by atoms with Crippen molar-refractivity contribution in [2.45, 2.75) is 31.7 Å². The fraction of sp³-hybridized carbons (Fsp3) is 0.571. The van der Waals surface area contributed by atoms with Gasteiger partial charge in [0.2, 0.25) is 0 Å². The topological polar surface area (TPSA) is 32.3 Å². The molecule has 2 N–H and O–H groups in total. The van der Waals surface area contributed by atoms with Crippen molar-refractivity contribution in [3.8, 4) is 0 Å². The number of rotatable bonds is 8. The molecular weight excluding hydrogens is 266 g/mol. The van der Waals surface area contributed by atoms with Crippen LogP contribution in [0.3, 0.4) is 0 Å². The lowest BCUT2D eigenvalue weighted by Crippen LogP contribution is -2.14. The Morgan fingerprint density at radius 2 is 2.22 bits per heavy atom. The van der Waals surface area contributed by atoms with Gasteiger partial charge in [0, 0.05) is 28.8 Å². The SMILES string of the molecule is CCCNCc1ccc(SCC(C)CO)cc1Cl. The molecule has 0 spiro atoms. The molecule has 0 heterocycles. The minimum Gasteiger partial charge on any atom is -0.396 e. The Balaban J connectivity index is 2.50. The average molecular weight is 288 g/mol. The van der Waals surface area contributed by atoms with Gasteiger partial charge in [-0.15, -0.1) is 11.8 Å². The summed E-state index contributed by atoms with van der Waals surface area (Å²) in [7, 11) is 0. The molecule has 0 bridgehead atoms. The predicted octanol–water partition coefficient (Wildman–Crippen LogP) is 3.56. The summed E-state index contributed by atoms with van der Waals surface area (Å²) < 4.78 is 0. The second-order valence-corrected chi connectivity index (χ2v) is 6.03. The zero-order valence-corrected chi connectivity index (χ0v) is 12.7. The molecule has 0 aliphatic heterocycles. The number of nitrogens with one attached hydrogen (secondary N) is 1. The highest BCUT2D eigenvalue weighted by Crippen LogP contribution is 2.26. The van der Waals surface area contributed by atoms with Gasteiger partial charge in [0.15, 0.2) is 0 Å². The average Bonchev–Trinajstić information content (AvgIpc) is 2.38. The maximum Gasteiger partial charge on any atom is 0.0464 e. The second kappa shape index (κ2) is 8.81. The van der Waals surface area contributed by atoms with Crippen LogP contribution in [0.4, 0.5) is 0 Å². The number of thioether (sulfide) groups is 1. The Morgan fingerprint density at radius 1 is 1.44 bits per heavy atom. The van der Waals surface area contributed by atoms with Crippen LogP contribution in [0.5, 0.6) is 0 Å². The molecule has 1 aromatic carbocycles. The molecule has 18 heavy (non-hydrogen) atoms. The lowest BCUT2D eigenvalue weighted by Gasteiger charge is -2.10. The van der Waals surface area contributed by atoms with Gasteiger partial charge in [-0.2, -0.15) is 0 Å². The molecule has 1 rings (SSSR count). The fourth-order valence-electron chi connectivity index (χ4n) is 1.45. The lowest BCUT2D eigenvalue weighted by atomic mass is 10.2. The summed E-state index contributed by atoms with van der Waals surface area (Å²) in [6, 6.07) is 6.19. The molecule has 0 aliphatic carbocycles. The summed E-state index contributed by atoms with van der Waals surface area (Å²) >= 11 is 7.99. The lowest BCUT2D eigenvalue weighted by molar-refractivity contribution is 0.250. The van der Waals surface area contributed by atoms with E-state index in [0.29, 0.717) is 5.92 Å². The monoisotopic (exact) mass is 287 g/mol. The molecule has 0 saturated carbocycles. The van der Waals surface area contributed by atoms with E-state index < -0.39 is 0 Å². The second-order valence-electron chi connectivity index (χ2n) is 4.53. The molecule has 0 radical (unpaired) electrons. The van der Waals surface area contributed by atoms with E-state index in [2.05, 4.69) is 24.4 Å². The number of halogens is 1. The van der Waals surface area contributed by atoms with E-state index in [1.807, 2.05) is 13.0 Å². The van der Waals surface area contributed by atoms with Crippen LogP contribution in [-0.2, 0) is 6.54 Å². The Bertz CT molecular complexity index is 360. The summed E-state index contributed by atoms with van der Waals surface area (Å²) in [6.45, 7) is 6.26. The highest BCUT2D eigenvalue weighted by Gasteiger charge is 2.05. The predicted molar refractivity (Wildman–Crippen MR) is 80.4 cm³/mol. The summed E-state index contributed by atoms with van der Waals surface area (Å²) in [4.78, 5) is 1.17. The number of hydrogen-bond acceptors (Lipinski definition) is 3. The number of benzene rings is 1. The normalized spacial score (nSPS) is 12.7. The van der Waals surface area contributed by atoms with Gasteiger partial charge in [-0.1, -0.05) is 31.5 Å². The van der Waals surface area contributed by atoms with Crippen molar-refractivity contribution in [3.05, 3.63) is 28.8 Å². The first-order valence-corrected chi connectivity index (χ1v) is 7.76. The Labute approximate surface area is 119 Å². The molecule has 0 amide bonds. The number of aliphatic hydroxyl groups excluding tert-OH is 1. The van der Waals surface area contributed by atoms with Gasteiger partial charge in [0.05, 0.1) is 0 Å². The maximum absolute atomic E-state index is 8.98. The molecule has 0 aliphatic rings. The standard InChI is InChI=1S/C14H22ClNOS/c1-3-6-16-8-12-4-5-13(7-14(12)15)18-10-11(2)9-17/h4-5,7,11,16-17H,3,6,8-10H2,1-2H3. The van der Waals surface area contributed by atoms with Crippen molar-refractivity contribution < 1.29 is 5.11 Å². The Kier molecular flexibility index (Phi) is 7.75. The van der Waals surface area contributed by atoms with Gasteiger partial charge < -0.3 is 10.4 Å². The molecule has 1 unspecified atom stereocenters. The van der Waals surface area contributed by atoms with Gasteiger partial charge in [-0.05, 0) is 36.6 Å². The van der Waals surface area contributed by atoms with Crippen LogP contribution in [0.1, 0.15) is 25.8 Å². The first-order valence-electron chi connectivity index (χ1n) is 6.40. The molecule has 0 fully saturated rings. The van der Waals surface area contributed by atoms with Crippen LogP contribution in [-0.4, -0.2) is 24.0 Å². The van der Waals surface area contributed by atoms with E-state index in [-0.39, 0.29) is 6.61 Å². The zero-order valence-electron chi connectivity index (χ0n) is 11.1. The zero-order chi connectivity index (χ0) is 13.4. The van der Waals surface area contributed by atoms with Gasteiger partial charge in [0.1, 0.15) is 0 Å². The summed E-state index contributed by atoms with van der Waals surface area (Å²) in [5.74, 6) is 1.24. The molecule has 1 atom stereocenters. The third-order valence-electron chi connectivity index (χ3n) is 2.61. The van der Waals surface area contributed by atoms with Gasteiger partial charge in [-0.25, -0.2) is 0 Å². The Morgan fingerprint density at radius 3 is 2.83 bits per heavy atom. The van der Waals surface area contributed by atoms with Crippen LogP contribution in [0, 0.1) is 5.92 Å². The first kappa shape index (κ1) is 15.8. The fourth-order valence-corrected chi connectivity index (χ4v) is 2.71. The summed E-state index contributed by atoms with van der Waals surface area (Å²) in [5, 5.41) is 13.2. The van der Waals surface area contributed by atoms with Crippen LogP contribution < -0.4 is 5.32 Å². The summed E-state index contributed by atoms with van der Waals surface area (Å²) in [6.07, 6.45) is 1.13. The van der Waals surface area contributed by atoms with E-state index in [1.54, 1.807) is 11.8 Å². The molecular formula is C14H22ClNOS. The van der Waals surface area contributed by atoms with E-state index in [1.165, 1.54) is 4.90 Å². The molecule has 0 saturated heterocycles. The van der Waals surface area contributed by atoms with E-state index in [4.69, 9.17) is 16.7 Å². The molecule has 4 heteroatoms. The number of aliphatic hydroxyl groups is 1. The highest BCUT2D eigenvalue weighted by atomic mass is 35.5. The van der Waals surface area contributed by atoms with Gasteiger partial charge in [-0.3, -0.25) is 0 Å². The third-order valence-corrected chi connectivity index (χ3v) is 4.29. The Hall–Kier alpha value is -0.220. The molecule has 1 aromatic rings. The molecule has 102 valence electrons. The summed E-state index contributed by atoms with van der Waals surface area (Å²) in [5.41, 5.74) is 1.14. The van der Waals surface area contributed by atoms with Crippen molar-refractivity contribution in [2.24, 2.45) is 5.92 Å². The molecule has 2 nitrogen and oxygen atoms in total. The van der Waals surface area contributed by atoms with Crippen molar-refractivity contribution in [2.75, 3.05) is 18.9 Å². The molecule has 0 aromatic heterocycles. The van der Waals surface area contributed by atoms with Crippen molar-refractivity contribution in [3.63, 3.8) is 0 Å². The van der Waals surface area contributed by atoms with Crippen LogP contribution in [0.15, 0.2) is 23.1 Å².